The molecular formula is C8H14INO2. The molecule has 1 atom stereocenters. The van der Waals surface area contributed by atoms with E-state index in [-0.39, 0.29) is 6.09 Å². The first-order valence-corrected chi connectivity index (χ1v) is 5.23. The van der Waals surface area contributed by atoms with Crippen molar-refractivity contribution in [2.75, 3.05) is 13.1 Å². The van der Waals surface area contributed by atoms with E-state index in [1.807, 2.05) is 0 Å². The Bertz CT molecular complexity index is 163. The van der Waals surface area contributed by atoms with Crippen molar-refractivity contribution in [1.29, 1.82) is 0 Å². The van der Waals surface area contributed by atoms with E-state index >= 15 is 0 Å². The van der Waals surface area contributed by atoms with E-state index in [4.69, 9.17) is 0 Å². The highest BCUT2D eigenvalue weighted by molar-refractivity contribution is 14.1. The zero-order valence-corrected chi connectivity index (χ0v) is 9.41. The number of piperidine rings is 1. The van der Waals surface area contributed by atoms with Crippen molar-refractivity contribution >= 4 is 29.1 Å². The van der Waals surface area contributed by atoms with Crippen molar-refractivity contribution in [3.05, 3.63) is 0 Å². The lowest BCUT2D eigenvalue weighted by atomic mass is 9.96. The molecule has 0 spiro atoms. The third-order valence-corrected chi connectivity index (χ3v) is 2.80. The van der Waals surface area contributed by atoms with Gasteiger partial charge in [-0.2, -0.15) is 0 Å². The molecule has 0 N–H and O–H groups in total. The molecule has 0 radical (unpaired) electrons. The first-order chi connectivity index (χ1) is 5.77. The highest BCUT2D eigenvalue weighted by atomic mass is 127. The summed E-state index contributed by atoms with van der Waals surface area (Å²) in [4.78, 5) is 12.9. The number of hydrogen-bond donors (Lipinski definition) is 0. The molecule has 0 aromatic rings. The van der Waals surface area contributed by atoms with Gasteiger partial charge in [0.2, 0.25) is 0 Å². The molecule has 1 fully saturated rings. The predicted molar refractivity (Wildman–Crippen MR) is 55.1 cm³/mol. The van der Waals surface area contributed by atoms with Crippen LogP contribution < -0.4 is 0 Å². The molecule has 12 heavy (non-hydrogen) atoms. The van der Waals surface area contributed by atoms with Gasteiger partial charge in [0.25, 0.3) is 0 Å². The van der Waals surface area contributed by atoms with Gasteiger partial charge in [-0.15, -0.1) is 0 Å². The Labute approximate surface area is 87.1 Å². The maximum absolute atomic E-state index is 11.1. The van der Waals surface area contributed by atoms with Crippen LogP contribution >= 0.6 is 23.0 Å². The summed E-state index contributed by atoms with van der Waals surface area (Å²) >= 11 is 1.64. The molecule has 1 rings (SSSR count). The van der Waals surface area contributed by atoms with Crippen LogP contribution in [0.15, 0.2) is 0 Å². The molecular weight excluding hydrogens is 269 g/mol. The highest BCUT2D eigenvalue weighted by Gasteiger charge is 2.22. The van der Waals surface area contributed by atoms with Gasteiger partial charge in [0, 0.05) is 13.1 Å². The summed E-state index contributed by atoms with van der Waals surface area (Å²) < 4.78 is 4.64. The van der Waals surface area contributed by atoms with Gasteiger partial charge in [0.1, 0.15) is 0 Å². The Balaban J connectivity index is 2.40. The standard InChI is InChI=1S/C8H14INO2/c1-2-7-4-3-5-10(6-7)8(11)12-9/h7H,2-6H2,1H3. The van der Waals surface area contributed by atoms with Gasteiger partial charge in [0.15, 0.2) is 23.0 Å². The second kappa shape index (κ2) is 4.89. The van der Waals surface area contributed by atoms with Crippen LogP contribution in [0, 0.1) is 5.92 Å². The van der Waals surface area contributed by atoms with Gasteiger partial charge in [-0.1, -0.05) is 13.3 Å². The van der Waals surface area contributed by atoms with Gasteiger partial charge in [-0.25, -0.2) is 4.79 Å². The monoisotopic (exact) mass is 283 g/mol. The fraction of sp³-hybridized carbons (Fsp3) is 0.875. The van der Waals surface area contributed by atoms with Crippen molar-refractivity contribution in [1.82, 2.24) is 4.90 Å². The van der Waals surface area contributed by atoms with Crippen LogP contribution in [0.2, 0.25) is 0 Å². The van der Waals surface area contributed by atoms with E-state index in [0.29, 0.717) is 5.92 Å². The SMILES string of the molecule is CCC1CCCN(C(=O)OI)C1. The Morgan fingerprint density at radius 1 is 1.75 bits per heavy atom. The molecule has 1 heterocycles. The van der Waals surface area contributed by atoms with Crippen LogP contribution in [-0.4, -0.2) is 24.1 Å². The number of carbonyl (C=O) groups excluding carboxylic acids is 1. The quantitative estimate of drug-likeness (QED) is 0.692. The van der Waals surface area contributed by atoms with E-state index in [2.05, 4.69) is 9.99 Å². The van der Waals surface area contributed by atoms with Crippen molar-refractivity contribution in [2.45, 2.75) is 26.2 Å². The number of halogens is 1. The van der Waals surface area contributed by atoms with Crippen molar-refractivity contribution < 1.29 is 7.86 Å². The second-order valence-electron chi connectivity index (χ2n) is 3.21. The molecule has 1 unspecified atom stereocenters. The predicted octanol–water partition coefficient (Wildman–Crippen LogP) is 2.60. The molecule has 4 heteroatoms. The number of amides is 1. The van der Waals surface area contributed by atoms with Gasteiger partial charge in [-0.3, -0.25) is 0 Å². The molecule has 1 aliphatic heterocycles. The van der Waals surface area contributed by atoms with E-state index < -0.39 is 0 Å². The lowest BCUT2D eigenvalue weighted by Crippen LogP contribution is -2.38. The molecule has 0 aliphatic carbocycles. The Kier molecular flexibility index (Phi) is 4.11. The number of likely N-dealkylation sites (tertiary alicyclic amines) is 1. The van der Waals surface area contributed by atoms with Crippen LogP contribution in [0.3, 0.4) is 0 Å². The first kappa shape index (κ1) is 10.1. The Morgan fingerprint density at radius 2 is 2.50 bits per heavy atom. The third kappa shape index (κ3) is 2.50. The van der Waals surface area contributed by atoms with Crippen LogP contribution in [0.1, 0.15) is 26.2 Å². The third-order valence-electron chi connectivity index (χ3n) is 2.42. The molecule has 3 nitrogen and oxygen atoms in total. The number of nitrogens with zero attached hydrogens (tertiary/aromatic N) is 1. The van der Waals surface area contributed by atoms with E-state index in [1.165, 1.54) is 6.42 Å². The van der Waals surface area contributed by atoms with Gasteiger partial charge < -0.3 is 7.97 Å². The average molecular weight is 283 g/mol. The summed E-state index contributed by atoms with van der Waals surface area (Å²) in [6.07, 6.45) is 3.34. The molecule has 1 saturated heterocycles. The maximum atomic E-state index is 11.1. The van der Waals surface area contributed by atoms with E-state index in [0.717, 1.165) is 25.9 Å². The van der Waals surface area contributed by atoms with Crippen LogP contribution in [0.5, 0.6) is 0 Å². The minimum absolute atomic E-state index is 0.186. The van der Waals surface area contributed by atoms with Gasteiger partial charge in [-0.05, 0) is 18.8 Å². The second-order valence-corrected chi connectivity index (χ2v) is 3.65. The van der Waals surface area contributed by atoms with Gasteiger partial charge in [0.05, 0.1) is 0 Å². The van der Waals surface area contributed by atoms with E-state index in [9.17, 15) is 4.79 Å². The van der Waals surface area contributed by atoms with Crippen LogP contribution in [-0.2, 0) is 3.07 Å². The fourth-order valence-electron chi connectivity index (χ4n) is 1.61. The number of hydrogen-bond acceptors (Lipinski definition) is 2. The molecule has 1 aliphatic rings. The fourth-order valence-corrected chi connectivity index (χ4v) is 1.89. The largest absolute Gasteiger partial charge is 0.419 e. The van der Waals surface area contributed by atoms with E-state index in [1.54, 1.807) is 27.9 Å². The minimum atomic E-state index is -0.186. The molecule has 70 valence electrons. The summed E-state index contributed by atoms with van der Waals surface area (Å²) in [7, 11) is 0. The minimum Gasteiger partial charge on any atom is -0.378 e. The average Bonchev–Trinajstić information content (AvgIpc) is 2.17. The summed E-state index contributed by atoms with van der Waals surface area (Å²) in [5.74, 6) is 0.675. The Hall–Kier alpha value is 0. The van der Waals surface area contributed by atoms with Crippen molar-refractivity contribution in [2.24, 2.45) is 5.92 Å². The zero-order chi connectivity index (χ0) is 8.97. The highest BCUT2D eigenvalue weighted by Crippen LogP contribution is 2.19. The van der Waals surface area contributed by atoms with Crippen LogP contribution in [0.25, 0.3) is 0 Å². The molecule has 0 bridgehead atoms. The maximum Gasteiger partial charge on any atom is 0.419 e. The van der Waals surface area contributed by atoms with Crippen LogP contribution in [0.4, 0.5) is 4.79 Å². The normalized spacial score (nSPS) is 23.8. The van der Waals surface area contributed by atoms with Gasteiger partial charge >= 0.3 is 6.09 Å². The topological polar surface area (TPSA) is 29.5 Å². The molecule has 0 aromatic heterocycles. The lowest BCUT2D eigenvalue weighted by molar-refractivity contribution is 0.138. The summed E-state index contributed by atoms with van der Waals surface area (Å²) in [6, 6.07) is 0. The Morgan fingerprint density at radius 3 is 3.08 bits per heavy atom. The molecule has 0 aromatic carbocycles. The summed E-state index contributed by atoms with van der Waals surface area (Å²) in [5, 5.41) is 0. The number of rotatable bonds is 1. The summed E-state index contributed by atoms with van der Waals surface area (Å²) in [6.45, 7) is 3.90. The summed E-state index contributed by atoms with van der Waals surface area (Å²) in [5.41, 5.74) is 0. The smallest absolute Gasteiger partial charge is 0.378 e. The molecule has 1 amide bonds. The molecule has 0 saturated carbocycles. The van der Waals surface area contributed by atoms with Crippen molar-refractivity contribution in [3.8, 4) is 0 Å². The van der Waals surface area contributed by atoms with Crippen molar-refractivity contribution in [3.63, 3.8) is 0 Å². The first-order valence-electron chi connectivity index (χ1n) is 4.35. The number of carbonyl (C=O) groups is 1. The lowest BCUT2D eigenvalue weighted by Gasteiger charge is -2.30. The zero-order valence-electron chi connectivity index (χ0n) is 7.25.